The minimum absolute atomic E-state index is 0.268. The molecule has 0 aromatic carbocycles. The Morgan fingerprint density at radius 2 is 2.50 bits per heavy atom. The van der Waals surface area contributed by atoms with Crippen LogP contribution in [0.2, 0.25) is 0 Å². The summed E-state index contributed by atoms with van der Waals surface area (Å²) >= 11 is 2.03. The molecule has 0 aromatic heterocycles. The van der Waals surface area contributed by atoms with E-state index in [9.17, 15) is 0 Å². The molecule has 0 bridgehead atoms. The van der Waals surface area contributed by atoms with Crippen LogP contribution in [0.15, 0.2) is 4.99 Å². The molecule has 2 unspecified atom stereocenters. The fourth-order valence-corrected chi connectivity index (χ4v) is 3.35. The Morgan fingerprint density at radius 1 is 1.62 bits per heavy atom. The molecule has 2 heterocycles. The molecule has 2 atom stereocenters. The van der Waals surface area contributed by atoms with Crippen LogP contribution in [0.4, 0.5) is 0 Å². The second kappa shape index (κ2) is 5.77. The zero-order chi connectivity index (χ0) is 11.4. The second-order valence-electron chi connectivity index (χ2n) is 4.56. The number of rotatable bonds is 2. The van der Waals surface area contributed by atoms with Gasteiger partial charge in [-0.1, -0.05) is 0 Å². The SMILES string of the molecule is CC1CN(C(N)=NCC2CCSC2)CCO1. The second-order valence-corrected chi connectivity index (χ2v) is 5.71. The van der Waals surface area contributed by atoms with Crippen molar-refractivity contribution in [3.63, 3.8) is 0 Å². The molecule has 2 fully saturated rings. The number of nitrogens with zero attached hydrogens (tertiary/aromatic N) is 2. The Kier molecular flexibility index (Phi) is 4.35. The molecule has 0 saturated carbocycles. The normalized spacial score (nSPS) is 32.1. The molecule has 2 rings (SSSR count). The molecule has 92 valence electrons. The van der Waals surface area contributed by atoms with Gasteiger partial charge in [-0.15, -0.1) is 0 Å². The fraction of sp³-hybridized carbons (Fsp3) is 0.909. The molecule has 4 nitrogen and oxygen atoms in total. The first-order valence-electron chi connectivity index (χ1n) is 6.00. The summed E-state index contributed by atoms with van der Waals surface area (Å²) in [4.78, 5) is 6.65. The summed E-state index contributed by atoms with van der Waals surface area (Å²) in [5.41, 5.74) is 6.00. The Bertz CT molecular complexity index is 254. The van der Waals surface area contributed by atoms with Crippen molar-refractivity contribution in [3.8, 4) is 0 Å². The number of guanidine groups is 1. The first-order valence-corrected chi connectivity index (χ1v) is 7.15. The number of aliphatic imine (C=N–C) groups is 1. The number of nitrogens with two attached hydrogens (primary N) is 1. The van der Waals surface area contributed by atoms with Crippen molar-refractivity contribution in [2.24, 2.45) is 16.6 Å². The van der Waals surface area contributed by atoms with Crippen LogP contribution in [-0.2, 0) is 4.74 Å². The van der Waals surface area contributed by atoms with Gasteiger partial charge in [0.2, 0.25) is 0 Å². The molecule has 2 N–H and O–H groups in total. The lowest BCUT2D eigenvalue weighted by molar-refractivity contribution is 0.00528. The minimum atomic E-state index is 0.268. The van der Waals surface area contributed by atoms with Crippen LogP contribution in [0, 0.1) is 5.92 Å². The van der Waals surface area contributed by atoms with E-state index in [-0.39, 0.29) is 6.10 Å². The third-order valence-electron chi connectivity index (χ3n) is 3.10. The summed E-state index contributed by atoms with van der Waals surface area (Å²) in [6, 6.07) is 0. The van der Waals surface area contributed by atoms with Crippen LogP contribution in [-0.4, -0.2) is 54.7 Å². The molecule has 16 heavy (non-hydrogen) atoms. The van der Waals surface area contributed by atoms with Gasteiger partial charge in [-0.05, 0) is 30.8 Å². The Hall–Kier alpha value is -0.420. The average Bonchev–Trinajstić information content (AvgIpc) is 2.78. The topological polar surface area (TPSA) is 50.8 Å². The zero-order valence-corrected chi connectivity index (χ0v) is 10.7. The highest BCUT2D eigenvalue weighted by Gasteiger charge is 2.19. The number of hydrogen-bond donors (Lipinski definition) is 1. The van der Waals surface area contributed by atoms with Gasteiger partial charge in [-0.25, -0.2) is 0 Å². The number of thioether (sulfide) groups is 1. The van der Waals surface area contributed by atoms with Crippen LogP contribution in [0.25, 0.3) is 0 Å². The summed E-state index contributed by atoms with van der Waals surface area (Å²) < 4.78 is 5.48. The van der Waals surface area contributed by atoms with Gasteiger partial charge >= 0.3 is 0 Å². The monoisotopic (exact) mass is 243 g/mol. The summed E-state index contributed by atoms with van der Waals surface area (Å²) in [6.07, 6.45) is 1.56. The molecular formula is C11H21N3OS. The van der Waals surface area contributed by atoms with E-state index in [2.05, 4.69) is 16.8 Å². The Morgan fingerprint density at radius 3 is 3.19 bits per heavy atom. The van der Waals surface area contributed by atoms with Gasteiger partial charge in [0.05, 0.1) is 12.7 Å². The predicted molar refractivity (Wildman–Crippen MR) is 68.9 cm³/mol. The molecular weight excluding hydrogens is 222 g/mol. The molecule has 5 heteroatoms. The van der Waals surface area contributed by atoms with Crippen molar-refractivity contribution in [2.45, 2.75) is 19.4 Å². The van der Waals surface area contributed by atoms with Gasteiger partial charge in [0, 0.05) is 19.6 Å². The summed E-state index contributed by atoms with van der Waals surface area (Å²) in [5.74, 6) is 3.97. The third kappa shape index (κ3) is 3.28. The van der Waals surface area contributed by atoms with Crippen molar-refractivity contribution in [3.05, 3.63) is 0 Å². The van der Waals surface area contributed by atoms with Crippen molar-refractivity contribution in [1.29, 1.82) is 0 Å². The van der Waals surface area contributed by atoms with Crippen molar-refractivity contribution >= 4 is 17.7 Å². The van der Waals surface area contributed by atoms with E-state index in [1.165, 1.54) is 17.9 Å². The zero-order valence-electron chi connectivity index (χ0n) is 9.89. The van der Waals surface area contributed by atoms with Crippen molar-refractivity contribution in [1.82, 2.24) is 4.90 Å². The van der Waals surface area contributed by atoms with Gasteiger partial charge < -0.3 is 15.4 Å². The highest BCUT2D eigenvalue weighted by molar-refractivity contribution is 7.99. The summed E-state index contributed by atoms with van der Waals surface area (Å²) in [7, 11) is 0. The Labute approximate surface area is 102 Å². The van der Waals surface area contributed by atoms with Gasteiger partial charge in [0.1, 0.15) is 0 Å². The van der Waals surface area contributed by atoms with E-state index in [4.69, 9.17) is 10.5 Å². The summed E-state index contributed by atoms with van der Waals surface area (Å²) in [5, 5.41) is 0. The van der Waals surface area contributed by atoms with Crippen LogP contribution < -0.4 is 5.73 Å². The quantitative estimate of drug-likeness (QED) is 0.575. The lowest BCUT2D eigenvalue weighted by Gasteiger charge is -2.31. The molecule has 2 aliphatic heterocycles. The van der Waals surface area contributed by atoms with E-state index in [1.54, 1.807) is 0 Å². The van der Waals surface area contributed by atoms with Gasteiger partial charge in [0.15, 0.2) is 5.96 Å². The number of morpholine rings is 1. The molecule has 0 amide bonds. The lowest BCUT2D eigenvalue weighted by atomic mass is 10.1. The van der Waals surface area contributed by atoms with E-state index < -0.39 is 0 Å². The average molecular weight is 243 g/mol. The van der Waals surface area contributed by atoms with E-state index in [0.29, 0.717) is 5.96 Å². The van der Waals surface area contributed by atoms with Crippen LogP contribution in [0.1, 0.15) is 13.3 Å². The van der Waals surface area contributed by atoms with Crippen molar-refractivity contribution < 1.29 is 4.74 Å². The van der Waals surface area contributed by atoms with Crippen molar-refractivity contribution in [2.75, 3.05) is 37.7 Å². The first kappa shape index (κ1) is 12.0. The van der Waals surface area contributed by atoms with Crippen LogP contribution >= 0.6 is 11.8 Å². The molecule has 0 aromatic rings. The molecule has 0 spiro atoms. The van der Waals surface area contributed by atoms with E-state index >= 15 is 0 Å². The molecule has 2 aliphatic rings. The number of ether oxygens (including phenoxy) is 1. The summed E-state index contributed by atoms with van der Waals surface area (Å²) in [6.45, 7) is 5.47. The maximum atomic E-state index is 6.00. The largest absolute Gasteiger partial charge is 0.375 e. The smallest absolute Gasteiger partial charge is 0.191 e. The lowest BCUT2D eigenvalue weighted by Crippen LogP contribution is -2.48. The fourth-order valence-electron chi connectivity index (χ4n) is 2.08. The molecule has 2 saturated heterocycles. The molecule has 0 radical (unpaired) electrons. The Balaban J connectivity index is 1.80. The standard InChI is InChI=1S/C11H21N3OS/c1-9-7-14(3-4-15-9)11(12)13-6-10-2-5-16-8-10/h9-10H,2-8H2,1H3,(H2,12,13). The van der Waals surface area contributed by atoms with Crippen LogP contribution in [0.5, 0.6) is 0 Å². The highest BCUT2D eigenvalue weighted by atomic mass is 32.2. The number of hydrogen-bond acceptors (Lipinski definition) is 3. The van der Waals surface area contributed by atoms with Gasteiger partial charge in [-0.3, -0.25) is 4.99 Å². The maximum Gasteiger partial charge on any atom is 0.191 e. The van der Waals surface area contributed by atoms with Gasteiger partial charge in [0.25, 0.3) is 0 Å². The van der Waals surface area contributed by atoms with Crippen LogP contribution in [0.3, 0.4) is 0 Å². The minimum Gasteiger partial charge on any atom is -0.375 e. The highest BCUT2D eigenvalue weighted by Crippen LogP contribution is 2.23. The van der Waals surface area contributed by atoms with E-state index in [0.717, 1.165) is 32.2 Å². The maximum absolute atomic E-state index is 6.00. The third-order valence-corrected chi connectivity index (χ3v) is 4.33. The van der Waals surface area contributed by atoms with Gasteiger partial charge in [-0.2, -0.15) is 11.8 Å². The predicted octanol–water partition coefficient (Wildman–Crippen LogP) is 0.775. The molecule has 0 aliphatic carbocycles. The van der Waals surface area contributed by atoms with E-state index in [1.807, 2.05) is 11.8 Å². The first-order chi connectivity index (χ1) is 7.75.